The van der Waals surface area contributed by atoms with Crippen LogP contribution in [0.15, 0.2) is 98.1 Å². The molecule has 4 aromatic heterocycles. The Labute approximate surface area is 191 Å². The molecule has 0 N–H and O–H groups in total. The first-order valence-corrected chi connectivity index (χ1v) is 11.7. The van der Waals surface area contributed by atoms with E-state index in [2.05, 4.69) is 92.4 Å². The summed E-state index contributed by atoms with van der Waals surface area (Å²) >= 11 is 0. The van der Waals surface area contributed by atoms with Crippen LogP contribution in [0, 0.1) is 0 Å². The van der Waals surface area contributed by atoms with E-state index in [1.165, 1.54) is 60.8 Å². The summed E-state index contributed by atoms with van der Waals surface area (Å²) in [5, 5.41) is 0. The van der Waals surface area contributed by atoms with Crippen LogP contribution in [0.1, 0.15) is 38.5 Å². The van der Waals surface area contributed by atoms with Crippen molar-refractivity contribution < 1.29 is 9.13 Å². The predicted molar refractivity (Wildman–Crippen MR) is 127 cm³/mol. The minimum Gasteiger partial charge on any atom is -0.265 e. The van der Waals surface area contributed by atoms with Gasteiger partial charge in [0.25, 0.3) is 0 Å². The van der Waals surface area contributed by atoms with Gasteiger partial charge in [-0.15, -0.1) is 0 Å². The molecule has 0 aliphatic carbocycles. The highest BCUT2D eigenvalue weighted by atomic mass is 14.9. The van der Waals surface area contributed by atoms with Crippen LogP contribution in [0.2, 0.25) is 0 Å². The van der Waals surface area contributed by atoms with E-state index in [-0.39, 0.29) is 0 Å². The summed E-state index contributed by atoms with van der Waals surface area (Å²) in [6.45, 7) is 2.19. The molecule has 4 heterocycles. The third-order valence-corrected chi connectivity index (χ3v) is 5.89. The van der Waals surface area contributed by atoms with Crippen molar-refractivity contribution in [1.29, 1.82) is 0 Å². The Bertz CT molecular complexity index is 957. The third kappa shape index (κ3) is 6.55. The maximum absolute atomic E-state index is 4.09. The summed E-state index contributed by atoms with van der Waals surface area (Å²) in [6, 6.07) is 17.0. The number of hydrogen-bond acceptors (Lipinski definition) is 2. The van der Waals surface area contributed by atoms with E-state index >= 15 is 0 Å². The fraction of sp³-hybridized carbons (Fsp3) is 0.286. The van der Waals surface area contributed by atoms with Crippen molar-refractivity contribution in [2.24, 2.45) is 0 Å². The fourth-order valence-electron chi connectivity index (χ4n) is 3.98. The summed E-state index contributed by atoms with van der Waals surface area (Å²) in [4.78, 5) is 8.17. The number of aryl methyl sites for hydroxylation is 2. The van der Waals surface area contributed by atoms with Crippen molar-refractivity contribution in [1.82, 2.24) is 9.97 Å². The average Bonchev–Trinajstić information content (AvgIpc) is 2.87. The van der Waals surface area contributed by atoms with Gasteiger partial charge in [0.1, 0.15) is 13.1 Å². The van der Waals surface area contributed by atoms with Crippen molar-refractivity contribution in [2.75, 3.05) is 0 Å². The van der Waals surface area contributed by atoms with Crippen LogP contribution in [0.25, 0.3) is 22.3 Å². The molecule has 0 saturated heterocycles. The lowest BCUT2D eigenvalue weighted by atomic mass is 10.1. The highest BCUT2D eigenvalue weighted by Gasteiger charge is 2.04. The van der Waals surface area contributed by atoms with Gasteiger partial charge in [-0.25, -0.2) is 9.13 Å². The van der Waals surface area contributed by atoms with Gasteiger partial charge in [-0.05, 0) is 59.4 Å². The van der Waals surface area contributed by atoms with E-state index in [9.17, 15) is 0 Å². The monoisotopic (exact) mass is 424 g/mol. The second-order valence-corrected chi connectivity index (χ2v) is 8.24. The molecular weight excluding hydrogens is 392 g/mol. The molecule has 0 unspecified atom stereocenters. The molecule has 0 bridgehead atoms. The number of nitrogens with zero attached hydrogens (tertiary/aromatic N) is 4. The second-order valence-electron chi connectivity index (χ2n) is 8.24. The van der Waals surface area contributed by atoms with E-state index < -0.39 is 0 Å². The molecule has 0 radical (unpaired) electrons. The zero-order valence-electron chi connectivity index (χ0n) is 18.7. The van der Waals surface area contributed by atoms with Crippen LogP contribution in [-0.2, 0) is 13.1 Å². The first-order chi connectivity index (χ1) is 15.9. The Hall–Kier alpha value is -3.40. The maximum atomic E-state index is 4.09. The Morgan fingerprint density at radius 3 is 1.09 bits per heavy atom. The van der Waals surface area contributed by atoms with Gasteiger partial charge in [0, 0.05) is 61.9 Å². The molecule has 0 aromatic carbocycles. The molecule has 0 fully saturated rings. The lowest BCUT2D eigenvalue weighted by molar-refractivity contribution is -0.697. The van der Waals surface area contributed by atoms with Crippen molar-refractivity contribution in [3.8, 4) is 22.3 Å². The van der Waals surface area contributed by atoms with Crippen LogP contribution in [0.4, 0.5) is 0 Å². The van der Waals surface area contributed by atoms with Crippen LogP contribution < -0.4 is 9.13 Å². The first-order valence-electron chi connectivity index (χ1n) is 11.7. The van der Waals surface area contributed by atoms with E-state index in [4.69, 9.17) is 0 Å². The van der Waals surface area contributed by atoms with E-state index in [0.29, 0.717) is 0 Å². The molecule has 0 atom stereocenters. The first kappa shape index (κ1) is 21.8. The number of rotatable bonds is 11. The van der Waals surface area contributed by atoms with E-state index in [0.717, 1.165) is 13.1 Å². The molecular formula is C28H32N4+2. The Balaban J connectivity index is 1.08. The number of hydrogen-bond donors (Lipinski definition) is 0. The molecule has 162 valence electrons. The van der Waals surface area contributed by atoms with Crippen LogP contribution >= 0.6 is 0 Å². The van der Waals surface area contributed by atoms with Crippen molar-refractivity contribution >= 4 is 0 Å². The SMILES string of the molecule is c1cc(-c2cc[n+](CCCCCCCC[n+]3ccc(-c4ccncc4)cc3)cc2)ccn1. The molecule has 0 saturated carbocycles. The third-order valence-electron chi connectivity index (χ3n) is 5.89. The number of aromatic nitrogens is 4. The minimum absolute atomic E-state index is 1.09. The quantitative estimate of drug-likeness (QED) is 0.238. The van der Waals surface area contributed by atoms with Crippen LogP contribution in [0.5, 0.6) is 0 Å². The summed E-state index contributed by atoms with van der Waals surface area (Å²) in [7, 11) is 0. The Kier molecular flexibility index (Phi) is 8.08. The molecule has 32 heavy (non-hydrogen) atoms. The van der Waals surface area contributed by atoms with Crippen molar-refractivity contribution in [3.63, 3.8) is 0 Å². The van der Waals surface area contributed by atoms with Gasteiger partial charge in [-0.2, -0.15) is 0 Å². The maximum Gasteiger partial charge on any atom is 0.169 e. The van der Waals surface area contributed by atoms with Gasteiger partial charge in [0.05, 0.1) is 0 Å². The molecule has 0 amide bonds. The van der Waals surface area contributed by atoms with Gasteiger partial charge in [-0.1, -0.05) is 12.8 Å². The molecule has 0 aliphatic heterocycles. The number of pyridine rings is 4. The molecule has 4 rings (SSSR count). The number of unbranched alkanes of at least 4 members (excludes halogenated alkanes) is 5. The zero-order chi connectivity index (χ0) is 21.8. The predicted octanol–water partition coefficient (Wildman–Crippen LogP) is 5.43. The molecule has 4 nitrogen and oxygen atoms in total. The van der Waals surface area contributed by atoms with Gasteiger partial charge in [0.15, 0.2) is 24.8 Å². The molecule has 0 aliphatic rings. The van der Waals surface area contributed by atoms with Gasteiger partial charge in [-0.3, -0.25) is 9.97 Å². The summed E-state index contributed by atoms with van der Waals surface area (Å²) in [6.07, 6.45) is 23.8. The highest BCUT2D eigenvalue weighted by molar-refractivity contribution is 5.61. The zero-order valence-corrected chi connectivity index (χ0v) is 18.7. The van der Waals surface area contributed by atoms with Gasteiger partial charge in [0.2, 0.25) is 0 Å². The standard InChI is InChI=1S/C28H32N4/c1(3-5-19-31-21-11-27(12-22-31)25-7-15-29-16-8-25)2-4-6-20-32-23-13-28(14-24-32)26-9-17-30-18-10-26/h7-18,21-24H,1-6,19-20H2/q+2. The Morgan fingerprint density at radius 2 is 0.719 bits per heavy atom. The normalized spacial score (nSPS) is 10.9. The average molecular weight is 425 g/mol. The summed E-state index contributed by atoms with van der Waals surface area (Å²) in [5.41, 5.74) is 4.92. The Morgan fingerprint density at radius 1 is 0.406 bits per heavy atom. The molecule has 4 aromatic rings. The van der Waals surface area contributed by atoms with Crippen LogP contribution in [0.3, 0.4) is 0 Å². The minimum atomic E-state index is 1.09. The van der Waals surface area contributed by atoms with Crippen molar-refractivity contribution in [2.45, 2.75) is 51.6 Å². The van der Waals surface area contributed by atoms with E-state index in [1.807, 2.05) is 24.8 Å². The largest absolute Gasteiger partial charge is 0.265 e. The van der Waals surface area contributed by atoms with Gasteiger partial charge < -0.3 is 0 Å². The lowest BCUT2D eigenvalue weighted by Crippen LogP contribution is -2.32. The topological polar surface area (TPSA) is 33.5 Å². The van der Waals surface area contributed by atoms with Crippen LogP contribution in [-0.4, -0.2) is 9.97 Å². The molecule has 4 heteroatoms. The summed E-state index contributed by atoms with van der Waals surface area (Å²) in [5.74, 6) is 0. The highest BCUT2D eigenvalue weighted by Crippen LogP contribution is 2.17. The van der Waals surface area contributed by atoms with E-state index in [1.54, 1.807) is 0 Å². The second kappa shape index (κ2) is 11.8. The lowest BCUT2D eigenvalue weighted by Gasteiger charge is -2.02. The van der Waals surface area contributed by atoms with Gasteiger partial charge >= 0.3 is 0 Å². The molecule has 0 spiro atoms. The smallest absolute Gasteiger partial charge is 0.169 e. The summed E-state index contributed by atoms with van der Waals surface area (Å²) < 4.78 is 4.58. The fourth-order valence-corrected chi connectivity index (χ4v) is 3.98. The van der Waals surface area contributed by atoms with Crippen molar-refractivity contribution in [3.05, 3.63) is 98.1 Å².